The molecule has 0 bridgehead atoms. The highest BCUT2D eigenvalue weighted by atomic mass is 16.2. The van der Waals surface area contributed by atoms with Crippen LogP contribution in [0.3, 0.4) is 0 Å². The molecule has 1 saturated heterocycles. The van der Waals surface area contributed by atoms with Crippen LogP contribution in [0.4, 0.5) is 0 Å². The van der Waals surface area contributed by atoms with Crippen LogP contribution in [0.1, 0.15) is 30.3 Å². The fourth-order valence-corrected chi connectivity index (χ4v) is 2.14. The number of hydrogen-bond donors (Lipinski definition) is 2. The van der Waals surface area contributed by atoms with Crippen molar-refractivity contribution in [3.05, 3.63) is 11.9 Å². The zero-order valence-corrected chi connectivity index (χ0v) is 9.44. The van der Waals surface area contributed by atoms with Crippen molar-refractivity contribution in [3.63, 3.8) is 0 Å². The molecule has 6 heteroatoms. The van der Waals surface area contributed by atoms with E-state index in [1.165, 1.54) is 6.20 Å². The third-order valence-electron chi connectivity index (χ3n) is 2.99. The van der Waals surface area contributed by atoms with Crippen molar-refractivity contribution in [2.45, 2.75) is 25.8 Å². The Balaban J connectivity index is 2.06. The number of piperidine rings is 1. The third-order valence-corrected chi connectivity index (χ3v) is 2.99. The monoisotopic (exact) mass is 223 g/mol. The van der Waals surface area contributed by atoms with Gasteiger partial charge in [-0.2, -0.15) is 15.4 Å². The van der Waals surface area contributed by atoms with Crippen LogP contribution in [0, 0.1) is 0 Å². The summed E-state index contributed by atoms with van der Waals surface area (Å²) in [6.45, 7) is 4.68. The Morgan fingerprint density at radius 3 is 2.88 bits per heavy atom. The summed E-state index contributed by atoms with van der Waals surface area (Å²) in [4.78, 5) is 14.0. The largest absolute Gasteiger partial charge is 0.334 e. The van der Waals surface area contributed by atoms with E-state index in [0.717, 1.165) is 32.5 Å². The molecule has 1 aromatic heterocycles. The molecule has 0 aromatic carbocycles. The Kier molecular flexibility index (Phi) is 3.51. The molecule has 2 heterocycles. The Labute approximate surface area is 94.4 Å². The lowest BCUT2D eigenvalue weighted by atomic mass is 10.0. The lowest BCUT2D eigenvalue weighted by Crippen LogP contribution is -2.46. The van der Waals surface area contributed by atoms with Crippen molar-refractivity contribution < 1.29 is 4.79 Å². The van der Waals surface area contributed by atoms with Crippen molar-refractivity contribution in [2.75, 3.05) is 19.6 Å². The van der Waals surface area contributed by atoms with E-state index in [1.807, 2.05) is 11.8 Å². The fourth-order valence-electron chi connectivity index (χ4n) is 2.14. The van der Waals surface area contributed by atoms with E-state index in [-0.39, 0.29) is 5.91 Å². The average molecular weight is 223 g/mol. The number of rotatable bonds is 3. The van der Waals surface area contributed by atoms with Crippen molar-refractivity contribution in [3.8, 4) is 0 Å². The zero-order chi connectivity index (χ0) is 11.4. The van der Waals surface area contributed by atoms with Crippen molar-refractivity contribution >= 4 is 5.91 Å². The second kappa shape index (κ2) is 5.07. The predicted octanol–water partition coefficient (Wildman–Crippen LogP) is 0.0188. The molecule has 16 heavy (non-hydrogen) atoms. The molecule has 0 radical (unpaired) electrons. The summed E-state index contributed by atoms with van der Waals surface area (Å²) >= 11 is 0. The summed E-state index contributed by atoms with van der Waals surface area (Å²) in [5.74, 6) is -0.0249. The fraction of sp³-hybridized carbons (Fsp3) is 0.700. The number of carbonyl (C=O) groups is 1. The van der Waals surface area contributed by atoms with Crippen LogP contribution >= 0.6 is 0 Å². The Hall–Kier alpha value is -1.43. The lowest BCUT2D eigenvalue weighted by molar-refractivity contribution is 0.0650. The molecule has 0 saturated carbocycles. The zero-order valence-electron chi connectivity index (χ0n) is 9.44. The van der Waals surface area contributed by atoms with Gasteiger partial charge in [-0.3, -0.25) is 4.79 Å². The summed E-state index contributed by atoms with van der Waals surface area (Å²) in [5.41, 5.74) is 0.403. The van der Waals surface area contributed by atoms with Crippen LogP contribution in [0.5, 0.6) is 0 Å². The summed E-state index contributed by atoms with van der Waals surface area (Å²) in [5, 5.41) is 13.3. The molecule has 1 aliphatic rings. The molecule has 1 aliphatic heterocycles. The minimum atomic E-state index is -0.0249. The molecule has 0 atom stereocenters. The van der Waals surface area contributed by atoms with Crippen LogP contribution in [-0.4, -0.2) is 51.9 Å². The van der Waals surface area contributed by atoms with Gasteiger partial charge in [0.15, 0.2) is 5.69 Å². The molecular formula is C10H17N5O. The van der Waals surface area contributed by atoms with Crippen LogP contribution in [-0.2, 0) is 0 Å². The maximum atomic E-state index is 12.1. The van der Waals surface area contributed by atoms with Gasteiger partial charge in [-0.05, 0) is 32.9 Å². The normalized spacial score (nSPS) is 17.3. The number of nitrogens with one attached hydrogen (secondary N) is 2. The van der Waals surface area contributed by atoms with Crippen molar-refractivity contribution in [1.82, 2.24) is 25.6 Å². The maximum absolute atomic E-state index is 12.1. The maximum Gasteiger partial charge on any atom is 0.276 e. The topological polar surface area (TPSA) is 73.9 Å². The molecule has 1 amide bonds. The molecule has 0 unspecified atom stereocenters. The second-order valence-electron chi connectivity index (χ2n) is 3.93. The molecule has 2 N–H and O–H groups in total. The number of aromatic nitrogens is 3. The summed E-state index contributed by atoms with van der Waals surface area (Å²) in [7, 11) is 0. The Morgan fingerprint density at radius 1 is 1.56 bits per heavy atom. The SMILES string of the molecule is CCN(C(=O)c1cn[nH]n1)C1CCNCC1. The summed E-state index contributed by atoms with van der Waals surface area (Å²) < 4.78 is 0. The van der Waals surface area contributed by atoms with Gasteiger partial charge in [-0.15, -0.1) is 0 Å². The molecular weight excluding hydrogens is 206 g/mol. The van der Waals surface area contributed by atoms with Gasteiger partial charge < -0.3 is 10.2 Å². The Bertz CT molecular complexity index is 331. The standard InChI is InChI=1S/C10H17N5O/c1-2-15(8-3-5-11-6-4-8)10(16)9-7-12-14-13-9/h7-8,11H,2-6H2,1H3,(H,12,13,14). The van der Waals surface area contributed by atoms with Crippen LogP contribution < -0.4 is 5.32 Å². The van der Waals surface area contributed by atoms with E-state index in [0.29, 0.717) is 11.7 Å². The second-order valence-corrected chi connectivity index (χ2v) is 3.93. The third kappa shape index (κ3) is 2.21. The summed E-state index contributed by atoms with van der Waals surface area (Å²) in [6.07, 6.45) is 3.50. The van der Waals surface area contributed by atoms with Gasteiger partial charge in [-0.1, -0.05) is 0 Å². The van der Waals surface area contributed by atoms with Crippen LogP contribution in [0.15, 0.2) is 6.20 Å². The van der Waals surface area contributed by atoms with Crippen LogP contribution in [0.2, 0.25) is 0 Å². The highest BCUT2D eigenvalue weighted by molar-refractivity contribution is 5.92. The molecule has 2 rings (SSSR count). The molecule has 1 aromatic rings. The van der Waals surface area contributed by atoms with Crippen LogP contribution in [0.25, 0.3) is 0 Å². The number of H-pyrrole nitrogens is 1. The quantitative estimate of drug-likeness (QED) is 0.757. The first kappa shape index (κ1) is 11.1. The van der Waals surface area contributed by atoms with Gasteiger partial charge in [0.25, 0.3) is 5.91 Å². The minimum Gasteiger partial charge on any atom is -0.334 e. The van der Waals surface area contributed by atoms with E-state index in [9.17, 15) is 4.79 Å². The lowest BCUT2D eigenvalue weighted by Gasteiger charge is -2.33. The molecule has 1 fully saturated rings. The van der Waals surface area contributed by atoms with Crippen molar-refractivity contribution in [1.29, 1.82) is 0 Å². The van der Waals surface area contributed by atoms with E-state index in [1.54, 1.807) is 0 Å². The predicted molar refractivity (Wildman–Crippen MR) is 59.0 cm³/mol. The highest BCUT2D eigenvalue weighted by Crippen LogP contribution is 2.13. The molecule has 6 nitrogen and oxygen atoms in total. The smallest absolute Gasteiger partial charge is 0.276 e. The van der Waals surface area contributed by atoms with Gasteiger partial charge in [0, 0.05) is 12.6 Å². The first-order valence-electron chi connectivity index (χ1n) is 5.70. The first-order valence-corrected chi connectivity index (χ1v) is 5.70. The Morgan fingerprint density at radius 2 is 2.31 bits per heavy atom. The highest BCUT2D eigenvalue weighted by Gasteiger charge is 2.25. The number of amides is 1. The number of nitrogens with zero attached hydrogens (tertiary/aromatic N) is 3. The molecule has 0 spiro atoms. The van der Waals surface area contributed by atoms with E-state index >= 15 is 0 Å². The first-order chi connectivity index (χ1) is 7.83. The van der Waals surface area contributed by atoms with Gasteiger partial charge in [0.05, 0.1) is 6.20 Å². The number of carbonyl (C=O) groups excluding carboxylic acids is 1. The van der Waals surface area contributed by atoms with E-state index in [2.05, 4.69) is 20.7 Å². The van der Waals surface area contributed by atoms with E-state index < -0.39 is 0 Å². The van der Waals surface area contributed by atoms with E-state index in [4.69, 9.17) is 0 Å². The molecule has 0 aliphatic carbocycles. The molecule has 88 valence electrons. The average Bonchev–Trinajstić information content (AvgIpc) is 2.85. The van der Waals surface area contributed by atoms with Gasteiger partial charge >= 0.3 is 0 Å². The minimum absolute atomic E-state index is 0.0249. The van der Waals surface area contributed by atoms with Gasteiger partial charge in [0.2, 0.25) is 0 Å². The van der Waals surface area contributed by atoms with Gasteiger partial charge in [-0.25, -0.2) is 0 Å². The van der Waals surface area contributed by atoms with Gasteiger partial charge in [0.1, 0.15) is 0 Å². The van der Waals surface area contributed by atoms with Crippen molar-refractivity contribution in [2.24, 2.45) is 0 Å². The number of aromatic amines is 1. The summed E-state index contributed by atoms with van der Waals surface area (Å²) in [6, 6.07) is 0.329. The number of hydrogen-bond acceptors (Lipinski definition) is 4.